The SMILES string of the molecule is Cc1[nH]c2ccc(S(=O)(=O)N(C)C)cc2c1CCN. The number of H-pyrrole nitrogens is 1. The smallest absolute Gasteiger partial charge is 0.242 e. The maximum absolute atomic E-state index is 12.1. The van der Waals surface area contributed by atoms with Gasteiger partial charge < -0.3 is 10.7 Å². The molecule has 0 spiro atoms. The van der Waals surface area contributed by atoms with Crippen LogP contribution >= 0.6 is 0 Å². The highest BCUT2D eigenvalue weighted by atomic mass is 32.2. The second kappa shape index (κ2) is 4.96. The third-order valence-electron chi connectivity index (χ3n) is 3.26. The number of aryl methyl sites for hydroxylation is 1. The fourth-order valence-corrected chi connectivity index (χ4v) is 3.13. The predicted molar refractivity (Wildman–Crippen MR) is 76.7 cm³/mol. The Kier molecular flexibility index (Phi) is 3.66. The predicted octanol–water partition coefficient (Wildman–Crippen LogP) is 1.23. The Hall–Kier alpha value is -1.37. The zero-order valence-corrected chi connectivity index (χ0v) is 12.2. The number of nitrogens with two attached hydrogens (primary N) is 1. The number of fused-ring (bicyclic) bond motifs is 1. The van der Waals surface area contributed by atoms with E-state index >= 15 is 0 Å². The molecule has 1 aromatic carbocycles. The number of rotatable bonds is 4. The van der Waals surface area contributed by atoms with Crippen LogP contribution < -0.4 is 5.73 Å². The van der Waals surface area contributed by atoms with Gasteiger partial charge in [0.15, 0.2) is 0 Å². The van der Waals surface area contributed by atoms with Crippen molar-refractivity contribution in [3.05, 3.63) is 29.5 Å². The Morgan fingerprint density at radius 2 is 2.00 bits per heavy atom. The third-order valence-corrected chi connectivity index (χ3v) is 5.07. The van der Waals surface area contributed by atoms with Crippen LogP contribution in [0.25, 0.3) is 10.9 Å². The molecule has 6 heteroatoms. The average Bonchev–Trinajstić information content (AvgIpc) is 2.65. The Labute approximate surface area is 113 Å². The third kappa shape index (κ3) is 2.39. The highest BCUT2D eigenvalue weighted by Gasteiger charge is 2.18. The van der Waals surface area contributed by atoms with Crippen LogP contribution in [-0.4, -0.2) is 38.3 Å². The molecule has 1 heterocycles. The van der Waals surface area contributed by atoms with Gasteiger partial charge in [-0.05, 0) is 43.7 Å². The lowest BCUT2D eigenvalue weighted by Gasteiger charge is -2.11. The first kappa shape index (κ1) is 14.0. The normalized spacial score (nSPS) is 12.5. The number of hydrogen-bond donors (Lipinski definition) is 2. The molecule has 104 valence electrons. The number of nitrogens with zero attached hydrogens (tertiary/aromatic N) is 1. The van der Waals surface area contributed by atoms with Crippen molar-refractivity contribution in [1.29, 1.82) is 0 Å². The summed E-state index contributed by atoms with van der Waals surface area (Å²) >= 11 is 0. The summed E-state index contributed by atoms with van der Waals surface area (Å²) in [6.45, 7) is 2.52. The van der Waals surface area contributed by atoms with Crippen molar-refractivity contribution < 1.29 is 8.42 Å². The molecular weight excluding hydrogens is 262 g/mol. The quantitative estimate of drug-likeness (QED) is 0.884. The van der Waals surface area contributed by atoms with E-state index in [1.54, 1.807) is 18.2 Å². The van der Waals surface area contributed by atoms with Crippen LogP contribution in [0.1, 0.15) is 11.3 Å². The van der Waals surface area contributed by atoms with Gasteiger partial charge >= 0.3 is 0 Å². The molecule has 0 amide bonds. The molecule has 19 heavy (non-hydrogen) atoms. The first-order valence-electron chi connectivity index (χ1n) is 6.11. The summed E-state index contributed by atoms with van der Waals surface area (Å²) in [7, 11) is -0.342. The van der Waals surface area contributed by atoms with Gasteiger partial charge in [-0.3, -0.25) is 0 Å². The highest BCUT2D eigenvalue weighted by Crippen LogP contribution is 2.26. The van der Waals surface area contributed by atoms with E-state index in [0.29, 0.717) is 11.4 Å². The fraction of sp³-hybridized carbons (Fsp3) is 0.385. The molecule has 0 atom stereocenters. The molecule has 2 rings (SSSR count). The van der Waals surface area contributed by atoms with Crippen LogP contribution in [0.15, 0.2) is 23.1 Å². The van der Waals surface area contributed by atoms with Gasteiger partial charge in [0.2, 0.25) is 10.0 Å². The van der Waals surface area contributed by atoms with Gasteiger partial charge in [-0.1, -0.05) is 0 Å². The Morgan fingerprint density at radius 3 is 2.58 bits per heavy atom. The maximum Gasteiger partial charge on any atom is 0.242 e. The molecule has 1 aromatic heterocycles. The van der Waals surface area contributed by atoms with Gasteiger partial charge in [0, 0.05) is 30.7 Å². The van der Waals surface area contributed by atoms with Crippen molar-refractivity contribution in [3.8, 4) is 0 Å². The van der Waals surface area contributed by atoms with Crippen molar-refractivity contribution in [1.82, 2.24) is 9.29 Å². The van der Waals surface area contributed by atoms with Crippen LogP contribution in [0.5, 0.6) is 0 Å². The van der Waals surface area contributed by atoms with E-state index in [0.717, 1.165) is 28.6 Å². The summed E-state index contributed by atoms with van der Waals surface area (Å²) in [5.74, 6) is 0. The van der Waals surface area contributed by atoms with Crippen LogP contribution in [-0.2, 0) is 16.4 Å². The molecule has 0 fully saturated rings. The minimum atomic E-state index is -3.40. The van der Waals surface area contributed by atoms with Crippen LogP contribution in [0.4, 0.5) is 0 Å². The highest BCUT2D eigenvalue weighted by molar-refractivity contribution is 7.89. The fourth-order valence-electron chi connectivity index (χ4n) is 2.20. The molecule has 0 saturated carbocycles. The van der Waals surface area contributed by atoms with Gasteiger partial charge in [0.25, 0.3) is 0 Å². The molecule has 0 unspecified atom stereocenters. The summed E-state index contributed by atoms with van der Waals surface area (Å²) in [5.41, 5.74) is 8.69. The van der Waals surface area contributed by atoms with Gasteiger partial charge in [0.1, 0.15) is 0 Å². The van der Waals surface area contributed by atoms with Gasteiger partial charge in [-0.25, -0.2) is 12.7 Å². The van der Waals surface area contributed by atoms with E-state index in [1.165, 1.54) is 18.4 Å². The topological polar surface area (TPSA) is 79.2 Å². The van der Waals surface area contributed by atoms with Gasteiger partial charge in [0.05, 0.1) is 4.90 Å². The number of sulfonamides is 1. The maximum atomic E-state index is 12.1. The zero-order valence-electron chi connectivity index (χ0n) is 11.4. The van der Waals surface area contributed by atoms with E-state index in [-0.39, 0.29) is 0 Å². The molecule has 5 nitrogen and oxygen atoms in total. The minimum Gasteiger partial charge on any atom is -0.358 e. The van der Waals surface area contributed by atoms with Crippen molar-refractivity contribution in [2.24, 2.45) is 5.73 Å². The number of hydrogen-bond acceptors (Lipinski definition) is 3. The largest absolute Gasteiger partial charge is 0.358 e. The molecule has 0 radical (unpaired) electrons. The van der Waals surface area contributed by atoms with E-state index < -0.39 is 10.0 Å². The molecular formula is C13H19N3O2S. The van der Waals surface area contributed by atoms with E-state index in [1.807, 2.05) is 6.92 Å². The van der Waals surface area contributed by atoms with E-state index in [4.69, 9.17) is 5.73 Å². The Morgan fingerprint density at radius 1 is 1.32 bits per heavy atom. The van der Waals surface area contributed by atoms with Crippen molar-refractivity contribution in [2.45, 2.75) is 18.2 Å². The van der Waals surface area contributed by atoms with Crippen molar-refractivity contribution in [3.63, 3.8) is 0 Å². The molecule has 2 aromatic rings. The number of aromatic amines is 1. The van der Waals surface area contributed by atoms with E-state index in [9.17, 15) is 8.42 Å². The average molecular weight is 281 g/mol. The Bertz CT molecular complexity index is 702. The lowest BCUT2D eigenvalue weighted by Crippen LogP contribution is -2.22. The van der Waals surface area contributed by atoms with E-state index in [2.05, 4.69) is 4.98 Å². The summed E-state index contributed by atoms with van der Waals surface area (Å²) in [6.07, 6.45) is 0.733. The first-order chi connectivity index (χ1) is 8.87. The summed E-state index contributed by atoms with van der Waals surface area (Å²) in [6, 6.07) is 5.15. The van der Waals surface area contributed by atoms with Crippen LogP contribution in [0.2, 0.25) is 0 Å². The number of benzene rings is 1. The van der Waals surface area contributed by atoms with Crippen molar-refractivity contribution in [2.75, 3.05) is 20.6 Å². The number of nitrogens with one attached hydrogen (secondary N) is 1. The zero-order chi connectivity index (χ0) is 14.2. The van der Waals surface area contributed by atoms with Crippen LogP contribution in [0, 0.1) is 6.92 Å². The second-order valence-corrected chi connectivity index (χ2v) is 6.91. The lowest BCUT2D eigenvalue weighted by molar-refractivity contribution is 0.521. The standard InChI is InChI=1S/C13H19N3O2S/c1-9-11(6-7-14)12-8-10(4-5-13(12)15-9)19(17,18)16(2)3/h4-5,8,15H,6-7,14H2,1-3H3. The van der Waals surface area contributed by atoms with Crippen molar-refractivity contribution >= 4 is 20.9 Å². The van der Waals surface area contributed by atoms with Gasteiger partial charge in [-0.2, -0.15) is 0 Å². The van der Waals surface area contributed by atoms with Crippen LogP contribution in [0.3, 0.4) is 0 Å². The molecule has 3 N–H and O–H groups in total. The second-order valence-electron chi connectivity index (χ2n) is 4.76. The molecule has 0 saturated heterocycles. The number of aromatic nitrogens is 1. The molecule has 0 aliphatic heterocycles. The first-order valence-corrected chi connectivity index (χ1v) is 7.55. The molecule has 0 aliphatic rings. The summed E-state index contributed by atoms with van der Waals surface area (Å²) in [5, 5.41) is 0.936. The monoisotopic (exact) mass is 281 g/mol. The lowest BCUT2D eigenvalue weighted by atomic mass is 10.1. The molecule has 0 aliphatic carbocycles. The molecule has 0 bridgehead atoms. The summed E-state index contributed by atoms with van der Waals surface area (Å²) in [4.78, 5) is 3.56. The van der Waals surface area contributed by atoms with Gasteiger partial charge in [-0.15, -0.1) is 0 Å². The minimum absolute atomic E-state index is 0.308. The summed E-state index contributed by atoms with van der Waals surface area (Å²) < 4.78 is 25.5. The Balaban J connectivity index is 2.66.